The molecule has 0 rings (SSSR count). The van der Waals surface area contributed by atoms with Crippen molar-refractivity contribution in [3.63, 3.8) is 0 Å². The van der Waals surface area contributed by atoms with E-state index in [4.69, 9.17) is 8.85 Å². The van der Waals surface area contributed by atoms with Crippen molar-refractivity contribution in [2.75, 3.05) is 0 Å². The van der Waals surface area contributed by atoms with Gasteiger partial charge in [-0.1, -0.05) is 54.9 Å². The van der Waals surface area contributed by atoms with Gasteiger partial charge in [-0.05, 0) is 49.4 Å². The van der Waals surface area contributed by atoms with Gasteiger partial charge < -0.3 is 8.85 Å². The molecule has 2 radical (unpaired) electrons. The van der Waals surface area contributed by atoms with Crippen molar-refractivity contribution < 1.29 is 13.6 Å². The second-order valence-electron chi connectivity index (χ2n) is 8.41. The lowest BCUT2D eigenvalue weighted by Gasteiger charge is -2.39. The van der Waals surface area contributed by atoms with Crippen LogP contribution in [0.25, 0.3) is 0 Å². The minimum Gasteiger partial charge on any atom is -0.519 e. The molecule has 0 aliphatic heterocycles. The topological polar surface area (TPSA) is 35.5 Å². The first-order valence-electron chi connectivity index (χ1n) is 9.65. The molecule has 5 heteroatoms. The van der Waals surface area contributed by atoms with E-state index in [0.29, 0.717) is 27.1 Å². The Morgan fingerprint density at radius 1 is 0.958 bits per heavy atom. The summed E-state index contributed by atoms with van der Waals surface area (Å²) in [7, 11) is -1.73. The summed E-state index contributed by atoms with van der Waals surface area (Å²) in [6.45, 7) is 19.6. The van der Waals surface area contributed by atoms with Gasteiger partial charge in [0, 0.05) is 6.10 Å². The average Bonchev–Trinajstić information content (AvgIpc) is 2.43. The Labute approximate surface area is 154 Å². The first kappa shape index (κ1) is 23.9. The highest BCUT2D eigenvalue weighted by molar-refractivity contribution is 6.76. The van der Waals surface area contributed by atoms with E-state index < -0.39 is 8.32 Å². The van der Waals surface area contributed by atoms with Crippen LogP contribution in [0.3, 0.4) is 0 Å². The van der Waals surface area contributed by atoms with Gasteiger partial charge in [0.1, 0.15) is 0 Å². The van der Waals surface area contributed by atoms with Crippen LogP contribution in [0.15, 0.2) is 0 Å². The van der Waals surface area contributed by atoms with Crippen molar-refractivity contribution in [1.29, 1.82) is 0 Å². The quantitative estimate of drug-likeness (QED) is 0.413. The Morgan fingerprint density at radius 2 is 1.46 bits per heavy atom. The van der Waals surface area contributed by atoms with Crippen LogP contribution in [-0.2, 0) is 13.6 Å². The molecule has 0 aromatic heterocycles. The van der Waals surface area contributed by atoms with Gasteiger partial charge >= 0.3 is 0 Å². The van der Waals surface area contributed by atoms with Crippen molar-refractivity contribution in [2.45, 2.75) is 98.5 Å². The summed E-state index contributed by atoms with van der Waals surface area (Å²) in [4.78, 5) is 12.8. The third-order valence-electron chi connectivity index (χ3n) is 4.43. The summed E-state index contributed by atoms with van der Waals surface area (Å²) in [5.74, 6) is 1.07. The Hall–Kier alpha value is -0.136. The molecule has 0 fully saturated rings. The number of hydrogen-bond donors (Lipinski definition) is 0. The van der Waals surface area contributed by atoms with Gasteiger partial charge in [-0.25, -0.2) is 0 Å². The highest BCUT2D eigenvalue weighted by atomic mass is 28.4. The third kappa shape index (κ3) is 8.81. The molecule has 2 atom stereocenters. The van der Waals surface area contributed by atoms with Gasteiger partial charge in [-0.2, -0.15) is 0 Å². The van der Waals surface area contributed by atoms with Gasteiger partial charge in [0.05, 0.1) is 5.92 Å². The van der Waals surface area contributed by atoms with Gasteiger partial charge in [-0.3, -0.25) is 4.79 Å². The molecule has 24 heavy (non-hydrogen) atoms. The normalized spacial score (nSPS) is 15.2. The standard InChI is InChI=1S/C19H40O3Si2/c1-10-18(9)24(12-14(2)3,13-15(4)5)22-19(20)17(8)11-23-21-16(6)7/h14-18H,10-13H2,1-9H3. The highest BCUT2D eigenvalue weighted by Crippen LogP contribution is 2.39. The number of carbonyl (C=O) groups is 1. The zero-order valence-corrected chi connectivity index (χ0v) is 19.4. The SMILES string of the molecule is CCC(C)[Si](CC(C)C)(CC(C)C)OC(=O)C(C)C[Si]OC(C)C. The summed E-state index contributed by atoms with van der Waals surface area (Å²) in [5.41, 5.74) is 0.507. The predicted molar refractivity (Wildman–Crippen MR) is 107 cm³/mol. The fraction of sp³-hybridized carbons (Fsp3) is 0.947. The summed E-state index contributed by atoms with van der Waals surface area (Å²) >= 11 is 0. The molecule has 0 bridgehead atoms. The average molecular weight is 373 g/mol. The van der Waals surface area contributed by atoms with E-state index in [0.717, 1.165) is 24.6 Å². The van der Waals surface area contributed by atoms with Crippen LogP contribution in [0.1, 0.15) is 68.7 Å². The van der Waals surface area contributed by atoms with Crippen molar-refractivity contribution in [3.05, 3.63) is 0 Å². The Balaban J connectivity index is 5.09. The van der Waals surface area contributed by atoms with E-state index in [9.17, 15) is 4.79 Å². The lowest BCUT2D eigenvalue weighted by atomic mass is 10.2. The highest BCUT2D eigenvalue weighted by Gasteiger charge is 2.44. The van der Waals surface area contributed by atoms with Gasteiger partial charge in [0.25, 0.3) is 14.3 Å². The van der Waals surface area contributed by atoms with Crippen LogP contribution in [-0.4, -0.2) is 30.2 Å². The van der Waals surface area contributed by atoms with Crippen LogP contribution < -0.4 is 0 Å². The molecule has 0 saturated carbocycles. The molecule has 0 aliphatic rings. The second kappa shape index (κ2) is 11.5. The monoisotopic (exact) mass is 372 g/mol. The molecular formula is C19H40O3Si2. The van der Waals surface area contributed by atoms with E-state index in [1.54, 1.807) is 0 Å². The van der Waals surface area contributed by atoms with Crippen LogP contribution in [0.2, 0.25) is 23.7 Å². The van der Waals surface area contributed by atoms with Gasteiger partial charge in [-0.15, -0.1) is 0 Å². The molecular weight excluding hydrogens is 332 g/mol. The molecule has 0 aromatic rings. The molecule has 142 valence electrons. The molecule has 0 N–H and O–H groups in total. The molecule has 0 aliphatic carbocycles. The van der Waals surface area contributed by atoms with Crippen LogP contribution in [0, 0.1) is 17.8 Å². The predicted octanol–water partition coefficient (Wildman–Crippen LogP) is 5.69. The largest absolute Gasteiger partial charge is 0.519 e. The summed E-state index contributed by atoms with van der Waals surface area (Å²) < 4.78 is 12.0. The molecule has 0 amide bonds. The molecule has 0 saturated heterocycles. The molecule has 0 aromatic carbocycles. The minimum atomic E-state index is -2.10. The summed E-state index contributed by atoms with van der Waals surface area (Å²) in [5, 5.41) is 0. The maximum Gasteiger partial charge on any atom is 0.295 e. The zero-order valence-electron chi connectivity index (χ0n) is 17.4. The van der Waals surface area contributed by atoms with E-state index in [-0.39, 0.29) is 18.0 Å². The molecule has 0 spiro atoms. The van der Waals surface area contributed by atoms with Crippen molar-refractivity contribution in [1.82, 2.24) is 0 Å². The summed E-state index contributed by atoms with van der Waals surface area (Å²) in [6.07, 6.45) is 1.31. The van der Waals surface area contributed by atoms with E-state index in [1.165, 1.54) is 0 Å². The van der Waals surface area contributed by atoms with Crippen LogP contribution >= 0.6 is 0 Å². The Morgan fingerprint density at radius 3 is 1.83 bits per heavy atom. The first-order chi connectivity index (χ1) is 11.0. The molecule has 2 unspecified atom stereocenters. The number of hydrogen-bond acceptors (Lipinski definition) is 3. The maximum atomic E-state index is 12.8. The summed E-state index contributed by atoms with van der Waals surface area (Å²) in [6, 6.07) is 2.91. The van der Waals surface area contributed by atoms with E-state index in [1.807, 2.05) is 20.8 Å². The van der Waals surface area contributed by atoms with E-state index >= 15 is 0 Å². The minimum absolute atomic E-state index is 0.00289. The van der Waals surface area contributed by atoms with Gasteiger partial charge in [0.15, 0.2) is 0 Å². The number of carbonyl (C=O) groups excluding carboxylic acids is 1. The van der Waals surface area contributed by atoms with Crippen molar-refractivity contribution in [3.8, 4) is 0 Å². The van der Waals surface area contributed by atoms with Crippen molar-refractivity contribution in [2.24, 2.45) is 17.8 Å². The molecule has 0 heterocycles. The van der Waals surface area contributed by atoms with Crippen LogP contribution in [0.5, 0.6) is 0 Å². The maximum absolute atomic E-state index is 12.8. The second-order valence-corrected chi connectivity index (χ2v) is 13.5. The van der Waals surface area contributed by atoms with Gasteiger partial charge in [0.2, 0.25) is 9.76 Å². The zero-order chi connectivity index (χ0) is 18.9. The fourth-order valence-corrected chi connectivity index (χ4v) is 9.44. The number of rotatable bonds is 12. The lowest BCUT2D eigenvalue weighted by molar-refractivity contribution is -0.139. The lowest BCUT2D eigenvalue weighted by Crippen LogP contribution is -2.47. The Kier molecular flexibility index (Phi) is 11.4. The molecule has 3 nitrogen and oxygen atoms in total. The first-order valence-corrected chi connectivity index (χ1v) is 13.2. The third-order valence-corrected chi connectivity index (χ3v) is 11.7. The van der Waals surface area contributed by atoms with Crippen LogP contribution in [0.4, 0.5) is 0 Å². The van der Waals surface area contributed by atoms with Crippen molar-refractivity contribution >= 4 is 24.0 Å². The fourth-order valence-electron chi connectivity index (χ4n) is 3.15. The smallest absolute Gasteiger partial charge is 0.295 e. The van der Waals surface area contributed by atoms with E-state index in [2.05, 4.69) is 41.5 Å². The Bertz CT molecular complexity index is 347.